The van der Waals surface area contributed by atoms with Crippen LogP contribution in [0.1, 0.15) is 24.0 Å². The maximum absolute atomic E-state index is 8.48. The molecular formula is C12H11N2. The van der Waals surface area contributed by atoms with Crippen molar-refractivity contribution in [3.05, 3.63) is 35.4 Å². The van der Waals surface area contributed by atoms with Gasteiger partial charge in [0.15, 0.2) is 0 Å². The standard InChI is InChI=1S/C12H11N2/c13-9-3-7-11-5-1-2-6-12(11)8-4-10-14/h1-2,5H,3-4,7-8H2. The summed E-state index contributed by atoms with van der Waals surface area (Å²) in [5.41, 5.74) is 2.22. The van der Waals surface area contributed by atoms with Gasteiger partial charge in [0.2, 0.25) is 0 Å². The molecule has 1 radical (unpaired) electrons. The van der Waals surface area contributed by atoms with Crippen LogP contribution in [0.5, 0.6) is 0 Å². The van der Waals surface area contributed by atoms with Crippen LogP contribution in [-0.2, 0) is 12.8 Å². The molecule has 0 saturated heterocycles. The highest BCUT2D eigenvalue weighted by Crippen LogP contribution is 2.12. The van der Waals surface area contributed by atoms with Gasteiger partial charge in [0.05, 0.1) is 12.1 Å². The van der Waals surface area contributed by atoms with Crippen LogP contribution in [0.2, 0.25) is 0 Å². The molecule has 69 valence electrons. The Kier molecular flexibility index (Phi) is 4.24. The van der Waals surface area contributed by atoms with Crippen molar-refractivity contribution in [1.82, 2.24) is 0 Å². The van der Waals surface area contributed by atoms with Crippen LogP contribution in [-0.4, -0.2) is 0 Å². The smallest absolute Gasteiger partial charge is 0.0625 e. The van der Waals surface area contributed by atoms with Crippen LogP contribution >= 0.6 is 0 Å². The van der Waals surface area contributed by atoms with Crippen molar-refractivity contribution in [2.24, 2.45) is 0 Å². The SMILES string of the molecule is N#CCCc1[c]cccc1CCC#N. The van der Waals surface area contributed by atoms with Gasteiger partial charge in [-0.1, -0.05) is 18.2 Å². The van der Waals surface area contributed by atoms with E-state index < -0.39 is 0 Å². The first-order valence-corrected chi connectivity index (χ1v) is 4.61. The molecule has 1 aromatic carbocycles. The summed E-state index contributed by atoms with van der Waals surface area (Å²) in [6.07, 6.45) is 2.53. The van der Waals surface area contributed by atoms with Crippen LogP contribution in [0.25, 0.3) is 0 Å². The highest BCUT2D eigenvalue weighted by molar-refractivity contribution is 5.27. The molecule has 0 fully saturated rings. The van der Waals surface area contributed by atoms with Crippen LogP contribution in [0.4, 0.5) is 0 Å². The molecule has 0 aliphatic heterocycles. The van der Waals surface area contributed by atoms with Crippen molar-refractivity contribution in [2.75, 3.05) is 0 Å². The van der Waals surface area contributed by atoms with E-state index in [1.807, 2.05) is 18.2 Å². The largest absolute Gasteiger partial charge is 0.198 e. The minimum absolute atomic E-state index is 0.514. The molecule has 0 heterocycles. The number of hydrogen-bond acceptors (Lipinski definition) is 2. The molecule has 0 unspecified atom stereocenters. The summed E-state index contributed by atoms with van der Waals surface area (Å²) in [6.45, 7) is 0. The van der Waals surface area contributed by atoms with Gasteiger partial charge in [-0.3, -0.25) is 0 Å². The number of benzene rings is 1. The van der Waals surface area contributed by atoms with E-state index in [2.05, 4.69) is 18.2 Å². The van der Waals surface area contributed by atoms with E-state index in [1.54, 1.807) is 0 Å². The minimum Gasteiger partial charge on any atom is -0.198 e. The highest BCUT2D eigenvalue weighted by atomic mass is 14.2. The molecule has 14 heavy (non-hydrogen) atoms. The number of aryl methyl sites for hydroxylation is 2. The van der Waals surface area contributed by atoms with Crippen molar-refractivity contribution >= 4 is 0 Å². The molecule has 0 spiro atoms. The first-order valence-electron chi connectivity index (χ1n) is 4.61. The highest BCUT2D eigenvalue weighted by Gasteiger charge is 2.00. The first kappa shape index (κ1) is 10.3. The van der Waals surface area contributed by atoms with Gasteiger partial charge in [-0.15, -0.1) is 0 Å². The molecule has 1 rings (SSSR count). The van der Waals surface area contributed by atoms with Crippen molar-refractivity contribution in [3.63, 3.8) is 0 Å². The van der Waals surface area contributed by atoms with Gasteiger partial charge in [-0.2, -0.15) is 10.5 Å². The summed E-state index contributed by atoms with van der Waals surface area (Å²) in [7, 11) is 0. The second-order valence-corrected chi connectivity index (χ2v) is 2.99. The normalized spacial score (nSPS) is 9.00. The fraction of sp³-hybridized carbons (Fsp3) is 0.333. The van der Waals surface area contributed by atoms with E-state index in [4.69, 9.17) is 10.5 Å². The Morgan fingerprint density at radius 1 is 1.14 bits per heavy atom. The van der Waals surface area contributed by atoms with Gasteiger partial charge >= 0.3 is 0 Å². The topological polar surface area (TPSA) is 47.6 Å². The van der Waals surface area contributed by atoms with Gasteiger partial charge < -0.3 is 0 Å². The fourth-order valence-corrected chi connectivity index (χ4v) is 1.34. The maximum atomic E-state index is 8.48. The average molecular weight is 183 g/mol. The zero-order valence-electron chi connectivity index (χ0n) is 7.95. The second kappa shape index (κ2) is 5.78. The molecule has 2 heteroatoms. The maximum Gasteiger partial charge on any atom is 0.0625 e. The summed E-state index contributed by atoms with van der Waals surface area (Å²) in [5.74, 6) is 0. The van der Waals surface area contributed by atoms with Gasteiger partial charge in [0.25, 0.3) is 0 Å². The predicted octanol–water partition coefficient (Wildman–Crippen LogP) is 2.40. The number of hydrogen-bond donors (Lipinski definition) is 0. The third kappa shape index (κ3) is 2.92. The number of rotatable bonds is 4. The molecule has 2 nitrogen and oxygen atoms in total. The van der Waals surface area contributed by atoms with Crippen LogP contribution in [0.3, 0.4) is 0 Å². The zero-order chi connectivity index (χ0) is 10.2. The van der Waals surface area contributed by atoms with E-state index >= 15 is 0 Å². The fourth-order valence-electron chi connectivity index (χ4n) is 1.34. The monoisotopic (exact) mass is 183 g/mol. The summed E-state index contributed by atoms with van der Waals surface area (Å²) >= 11 is 0. The number of nitriles is 2. The van der Waals surface area contributed by atoms with E-state index in [0.717, 1.165) is 24.0 Å². The van der Waals surface area contributed by atoms with Crippen molar-refractivity contribution in [3.8, 4) is 12.1 Å². The summed E-state index contributed by atoms with van der Waals surface area (Å²) in [5, 5.41) is 17.0. The van der Waals surface area contributed by atoms with E-state index in [9.17, 15) is 0 Å². The van der Waals surface area contributed by atoms with Gasteiger partial charge in [0, 0.05) is 12.8 Å². The molecule has 1 aromatic rings. The van der Waals surface area contributed by atoms with E-state index in [0.29, 0.717) is 12.8 Å². The zero-order valence-corrected chi connectivity index (χ0v) is 7.95. The third-order valence-corrected chi connectivity index (χ3v) is 2.03. The molecule has 0 aliphatic carbocycles. The first-order chi connectivity index (χ1) is 6.88. The lowest BCUT2D eigenvalue weighted by Gasteiger charge is -2.04. The van der Waals surface area contributed by atoms with Gasteiger partial charge in [-0.25, -0.2) is 0 Å². The lowest BCUT2D eigenvalue weighted by Crippen LogP contribution is -1.93. The Labute approximate surface area is 84.4 Å². The molecular weight excluding hydrogens is 172 g/mol. The molecule has 0 saturated carbocycles. The van der Waals surface area contributed by atoms with E-state index in [1.165, 1.54) is 0 Å². The van der Waals surface area contributed by atoms with Crippen molar-refractivity contribution < 1.29 is 0 Å². The Bertz CT molecular complexity index is 332. The summed E-state index contributed by atoms with van der Waals surface area (Å²) in [4.78, 5) is 0. The molecule has 0 N–H and O–H groups in total. The Morgan fingerprint density at radius 2 is 1.86 bits per heavy atom. The van der Waals surface area contributed by atoms with Crippen molar-refractivity contribution in [1.29, 1.82) is 10.5 Å². The Balaban J connectivity index is 2.71. The van der Waals surface area contributed by atoms with Gasteiger partial charge in [-0.05, 0) is 30.0 Å². The molecule has 0 aromatic heterocycles. The molecule has 0 aliphatic rings. The number of nitrogens with zero attached hydrogens (tertiary/aromatic N) is 2. The lowest BCUT2D eigenvalue weighted by molar-refractivity contribution is 0.933. The third-order valence-electron chi connectivity index (χ3n) is 2.03. The van der Waals surface area contributed by atoms with E-state index in [-0.39, 0.29) is 0 Å². The van der Waals surface area contributed by atoms with Crippen LogP contribution in [0.15, 0.2) is 18.2 Å². The molecule has 0 atom stereocenters. The van der Waals surface area contributed by atoms with Gasteiger partial charge in [0.1, 0.15) is 0 Å². The van der Waals surface area contributed by atoms with Crippen LogP contribution in [0, 0.1) is 28.7 Å². The Morgan fingerprint density at radius 3 is 2.57 bits per heavy atom. The van der Waals surface area contributed by atoms with Crippen molar-refractivity contribution in [2.45, 2.75) is 25.7 Å². The van der Waals surface area contributed by atoms with Crippen LogP contribution < -0.4 is 0 Å². The molecule has 0 bridgehead atoms. The minimum atomic E-state index is 0.514. The predicted molar refractivity (Wildman–Crippen MR) is 53.1 cm³/mol. The second-order valence-electron chi connectivity index (χ2n) is 2.99. The quantitative estimate of drug-likeness (QED) is 0.719. The lowest BCUT2D eigenvalue weighted by atomic mass is 10.00. The average Bonchev–Trinajstić information content (AvgIpc) is 2.24. The summed E-state index contributed by atoms with van der Waals surface area (Å²) < 4.78 is 0. The summed E-state index contributed by atoms with van der Waals surface area (Å²) in [6, 6.07) is 13.1. The molecule has 0 amide bonds. The Hall–Kier alpha value is -1.80.